The first-order chi connectivity index (χ1) is 8.29. The molecule has 1 aliphatic carbocycles. The van der Waals surface area contributed by atoms with Crippen molar-refractivity contribution in [3.8, 4) is 11.8 Å². The fraction of sp³-hybridized carbons (Fsp3) is 0.867. The zero-order chi connectivity index (χ0) is 12.6. The minimum absolute atomic E-state index is 0.0740. The highest BCUT2D eigenvalue weighted by molar-refractivity contribution is 5.01. The lowest BCUT2D eigenvalue weighted by Crippen LogP contribution is -2.50. The van der Waals surface area contributed by atoms with Crippen molar-refractivity contribution in [2.45, 2.75) is 70.4 Å². The number of rotatable bonds is 7. The first-order valence-electron chi connectivity index (χ1n) is 6.97. The smallest absolute Gasteiger partial charge is 0.0831 e. The average molecular weight is 237 g/mol. The van der Waals surface area contributed by atoms with Crippen LogP contribution in [0.4, 0.5) is 0 Å². The fourth-order valence-corrected chi connectivity index (χ4v) is 2.88. The summed E-state index contributed by atoms with van der Waals surface area (Å²) in [5, 5.41) is 3.67. The second-order valence-electron chi connectivity index (χ2n) is 4.95. The third-order valence-corrected chi connectivity index (χ3v) is 3.87. The van der Waals surface area contributed by atoms with Gasteiger partial charge in [0.15, 0.2) is 0 Å². The van der Waals surface area contributed by atoms with Gasteiger partial charge in [-0.05, 0) is 39.2 Å². The van der Waals surface area contributed by atoms with Crippen LogP contribution in [0.15, 0.2) is 0 Å². The van der Waals surface area contributed by atoms with Gasteiger partial charge in [-0.3, -0.25) is 0 Å². The lowest BCUT2D eigenvalue weighted by molar-refractivity contribution is -0.0373. The molecular weight excluding hydrogens is 210 g/mol. The maximum atomic E-state index is 5.88. The van der Waals surface area contributed by atoms with Crippen LogP contribution in [0.2, 0.25) is 0 Å². The topological polar surface area (TPSA) is 21.3 Å². The van der Waals surface area contributed by atoms with E-state index in [1.807, 2.05) is 14.0 Å². The Kier molecular flexibility index (Phi) is 6.62. The normalized spacial score (nSPS) is 19.7. The number of hydrogen-bond acceptors (Lipinski definition) is 2. The highest BCUT2D eigenvalue weighted by atomic mass is 16.5. The Morgan fingerprint density at radius 3 is 2.59 bits per heavy atom. The summed E-state index contributed by atoms with van der Waals surface area (Å²) in [5.41, 5.74) is 0.0740. The van der Waals surface area contributed by atoms with Crippen LogP contribution in [0.3, 0.4) is 0 Å². The number of nitrogens with one attached hydrogen (secondary N) is 1. The van der Waals surface area contributed by atoms with E-state index in [-0.39, 0.29) is 5.60 Å². The van der Waals surface area contributed by atoms with E-state index in [9.17, 15) is 0 Å². The zero-order valence-corrected chi connectivity index (χ0v) is 11.6. The van der Waals surface area contributed by atoms with Crippen LogP contribution in [0, 0.1) is 11.8 Å². The number of methoxy groups -OCH3 is 1. The van der Waals surface area contributed by atoms with Gasteiger partial charge in [-0.15, -0.1) is 11.8 Å². The van der Waals surface area contributed by atoms with Gasteiger partial charge in [-0.25, -0.2) is 0 Å². The summed E-state index contributed by atoms with van der Waals surface area (Å²) in [6, 6.07) is 0.468. The van der Waals surface area contributed by atoms with Gasteiger partial charge in [0.2, 0.25) is 0 Å². The van der Waals surface area contributed by atoms with Crippen LogP contribution in [-0.2, 0) is 4.74 Å². The molecule has 1 aliphatic rings. The van der Waals surface area contributed by atoms with E-state index in [1.165, 1.54) is 32.1 Å². The summed E-state index contributed by atoms with van der Waals surface area (Å²) in [4.78, 5) is 0. The first-order valence-corrected chi connectivity index (χ1v) is 6.97. The van der Waals surface area contributed by atoms with Gasteiger partial charge < -0.3 is 10.1 Å². The Hall–Kier alpha value is -0.520. The largest absolute Gasteiger partial charge is 0.377 e. The third kappa shape index (κ3) is 4.01. The molecule has 2 heteroatoms. The molecule has 0 aromatic carbocycles. The van der Waals surface area contributed by atoms with Crippen molar-refractivity contribution in [2.75, 3.05) is 13.7 Å². The summed E-state index contributed by atoms with van der Waals surface area (Å²) in [6.45, 7) is 5.20. The van der Waals surface area contributed by atoms with Gasteiger partial charge in [-0.2, -0.15) is 0 Å². The van der Waals surface area contributed by atoms with E-state index in [2.05, 4.69) is 24.1 Å². The van der Waals surface area contributed by atoms with Crippen molar-refractivity contribution in [1.29, 1.82) is 0 Å². The number of hydrogen-bond donors (Lipinski definition) is 1. The molecule has 0 heterocycles. The van der Waals surface area contributed by atoms with Gasteiger partial charge in [-0.1, -0.05) is 19.8 Å². The van der Waals surface area contributed by atoms with Crippen molar-refractivity contribution >= 4 is 0 Å². The van der Waals surface area contributed by atoms with Gasteiger partial charge in [0, 0.05) is 19.6 Å². The number of ether oxygens (including phenoxy) is 1. The molecule has 0 amide bonds. The molecule has 0 aliphatic heterocycles. The molecule has 2 nitrogen and oxygen atoms in total. The fourth-order valence-electron chi connectivity index (χ4n) is 2.88. The second-order valence-corrected chi connectivity index (χ2v) is 4.95. The maximum Gasteiger partial charge on any atom is 0.0831 e. The predicted molar refractivity (Wildman–Crippen MR) is 73.0 cm³/mol. The van der Waals surface area contributed by atoms with Gasteiger partial charge >= 0.3 is 0 Å². The van der Waals surface area contributed by atoms with Gasteiger partial charge in [0.1, 0.15) is 0 Å². The summed E-state index contributed by atoms with van der Waals surface area (Å²) in [7, 11) is 1.87. The molecule has 0 spiro atoms. The van der Waals surface area contributed by atoms with Crippen LogP contribution in [0.25, 0.3) is 0 Å². The second kappa shape index (κ2) is 7.74. The van der Waals surface area contributed by atoms with E-state index in [1.54, 1.807) is 0 Å². The lowest BCUT2D eigenvalue weighted by Gasteiger charge is -2.37. The molecule has 0 bridgehead atoms. The minimum atomic E-state index is 0.0740. The average Bonchev–Trinajstić information content (AvgIpc) is 2.83. The molecule has 1 atom stereocenters. The van der Waals surface area contributed by atoms with Crippen molar-refractivity contribution in [1.82, 2.24) is 5.32 Å². The van der Waals surface area contributed by atoms with E-state index in [4.69, 9.17) is 4.74 Å². The standard InChI is InChI=1S/C15H27NO/c1-4-6-7-10-14(16-13-5-2)15(17-3)11-8-9-12-15/h14,16H,5,7-13H2,1-3H3. The Bertz CT molecular complexity index is 258. The van der Waals surface area contributed by atoms with Crippen LogP contribution < -0.4 is 5.32 Å². The monoisotopic (exact) mass is 237 g/mol. The van der Waals surface area contributed by atoms with Crippen LogP contribution >= 0.6 is 0 Å². The van der Waals surface area contributed by atoms with E-state index in [0.717, 1.165) is 19.4 Å². The summed E-state index contributed by atoms with van der Waals surface area (Å²) >= 11 is 0. The van der Waals surface area contributed by atoms with Gasteiger partial charge in [0.25, 0.3) is 0 Å². The van der Waals surface area contributed by atoms with Crippen molar-refractivity contribution in [3.05, 3.63) is 0 Å². The van der Waals surface area contributed by atoms with Crippen LogP contribution in [0.5, 0.6) is 0 Å². The first kappa shape index (κ1) is 14.5. The SMILES string of the molecule is CC#CCCC(NCCC)C1(OC)CCCC1. The van der Waals surface area contributed by atoms with Crippen molar-refractivity contribution < 1.29 is 4.74 Å². The predicted octanol–water partition coefficient (Wildman–Crippen LogP) is 3.12. The zero-order valence-electron chi connectivity index (χ0n) is 11.6. The Labute approximate surface area is 107 Å². The molecule has 1 unspecified atom stereocenters. The molecule has 98 valence electrons. The molecule has 1 fully saturated rings. The summed E-state index contributed by atoms with van der Waals surface area (Å²) in [6.07, 6.45) is 8.26. The summed E-state index contributed by atoms with van der Waals surface area (Å²) < 4.78 is 5.88. The quantitative estimate of drug-likeness (QED) is 0.687. The molecule has 1 saturated carbocycles. The molecule has 0 aromatic rings. The lowest BCUT2D eigenvalue weighted by atomic mass is 9.88. The maximum absolute atomic E-state index is 5.88. The van der Waals surface area contributed by atoms with Crippen molar-refractivity contribution in [3.63, 3.8) is 0 Å². The van der Waals surface area contributed by atoms with Crippen molar-refractivity contribution in [2.24, 2.45) is 0 Å². The van der Waals surface area contributed by atoms with E-state index >= 15 is 0 Å². The summed E-state index contributed by atoms with van der Waals surface area (Å²) in [5.74, 6) is 6.16. The molecule has 17 heavy (non-hydrogen) atoms. The van der Waals surface area contributed by atoms with E-state index in [0.29, 0.717) is 6.04 Å². The Morgan fingerprint density at radius 2 is 2.06 bits per heavy atom. The molecule has 1 rings (SSSR count). The highest BCUT2D eigenvalue weighted by Gasteiger charge is 2.40. The molecule has 0 saturated heterocycles. The Morgan fingerprint density at radius 1 is 1.35 bits per heavy atom. The van der Waals surface area contributed by atoms with Crippen LogP contribution in [0.1, 0.15) is 58.8 Å². The minimum Gasteiger partial charge on any atom is -0.377 e. The highest BCUT2D eigenvalue weighted by Crippen LogP contribution is 2.37. The van der Waals surface area contributed by atoms with Crippen LogP contribution in [-0.4, -0.2) is 25.3 Å². The molecular formula is C15H27NO. The third-order valence-electron chi connectivity index (χ3n) is 3.87. The molecule has 0 radical (unpaired) electrons. The Balaban J connectivity index is 2.60. The molecule has 1 N–H and O–H groups in total. The van der Waals surface area contributed by atoms with Gasteiger partial charge in [0.05, 0.1) is 5.60 Å². The van der Waals surface area contributed by atoms with E-state index < -0.39 is 0 Å². The molecule has 0 aromatic heterocycles.